The van der Waals surface area contributed by atoms with Gasteiger partial charge in [-0.15, -0.1) is 11.8 Å². The molecule has 1 N–H and O–H groups in total. The average molecular weight is 406 g/mol. The van der Waals surface area contributed by atoms with Gasteiger partial charge in [0.1, 0.15) is 23.1 Å². The highest BCUT2D eigenvalue weighted by Crippen LogP contribution is 2.42. The molecule has 0 aromatic heterocycles. The van der Waals surface area contributed by atoms with Crippen LogP contribution >= 0.6 is 11.8 Å². The van der Waals surface area contributed by atoms with Crippen molar-refractivity contribution in [2.45, 2.75) is 11.4 Å². The van der Waals surface area contributed by atoms with Crippen molar-refractivity contribution in [3.05, 3.63) is 71.3 Å². The predicted molar refractivity (Wildman–Crippen MR) is 103 cm³/mol. The van der Waals surface area contributed by atoms with Crippen molar-refractivity contribution in [1.29, 1.82) is 0 Å². The van der Waals surface area contributed by atoms with E-state index in [1.165, 1.54) is 54.1 Å². The zero-order valence-corrected chi connectivity index (χ0v) is 16.0. The molecular weight excluding hydrogens is 386 g/mol. The summed E-state index contributed by atoms with van der Waals surface area (Å²) in [6.07, 6.45) is 0. The van der Waals surface area contributed by atoms with Gasteiger partial charge in [0.2, 0.25) is 5.91 Å². The average Bonchev–Trinajstić information content (AvgIpc) is 3.12. The van der Waals surface area contributed by atoms with Crippen LogP contribution < -0.4 is 5.32 Å². The predicted octanol–water partition coefficient (Wildman–Crippen LogP) is 2.98. The van der Waals surface area contributed by atoms with Gasteiger partial charge in [-0.25, -0.2) is 8.78 Å². The van der Waals surface area contributed by atoms with Crippen molar-refractivity contribution < 1.29 is 23.1 Å². The van der Waals surface area contributed by atoms with E-state index in [9.17, 15) is 18.4 Å². The Morgan fingerprint density at radius 1 is 1.18 bits per heavy atom. The number of benzene rings is 2. The molecule has 0 bridgehead atoms. The van der Waals surface area contributed by atoms with E-state index >= 15 is 0 Å². The van der Waals surface area contributed by atoms with Crippen LogP contribution in [-0.4, -0.2) is 48.8 Å². The quantitative estimate of drug-likeness (QED) is 0.750. The number of nitrogens with zero attached hydrogens (tertiary/aromatic N) is 1. The number of ether oxygens (including phenoxy) is 1. The van der Waals surface area contributed by atoms with Crippen molar-refractivity contribution in [2.24, 2.45) is 0 Å². The third-order valence-electron chi connectivity index (χ3n) is 4.35. The Balaban J connectivity index is 1.92. The maximum atomic E-state index is 13.7. The standard InChI is InChI=1S/C20H20F2N2O3S/c1-27-9-8-23-18(25)17-12-28-20(14-5-3-7-16(22)11-14)24(17)19(26)13-4-2-6-15(21)10-13/h2-7,10-11,17,20H,8-9,12H2,1H3,(H,23,25). The van der Waals surface area contributed by atoms with E-state index in [0.717, 1.165) is 6.07 Å². The molecule has 148 valence electrons. The molecular formula is C20H20F2N2O3S. The first-order valence-corrected chi connectivity index (χ1v) is 9.78. The fourth-order valence-electron chi connectivity index (χ4n) is 3.04. The first-order chi connectivity index (χ1) is 13.5. The molecule has 1 saturated heterocycles. The topological polar surface area (TPSA) is 58.6 Å². The number of methoxy groups -OCH3 is 1. The van der Waals surface area contributed by atoms with E-state index in [1.54, 1.807) is 12.1 Å². The van der Waals surface area contributed by atoms with Crippen LogP contribution in [0.1, 0.15) is 21.3 Å². The monoisotopic (exact) mass is 406 g/mol. The SMILES string of the molecule is COCCNC(=O)C1CSC(c2cccc(F)c2)N1C(=O)c1cccc(F)c1. The molecule has 28 heavy (non-hydrogen) atoms. The van der Waals surface area contributed by atoms with Gasteiger partial charge in [0, 0.05) is 25.0 Å². The molecule has 1 aliphatic rings. The minimum Gasteiger partial charge on any atom is -0.383 e. The number of carbonyl (C=O) groups is 2. The second kappa shape index (κ2) is 9.16. The second-order valence-corrected chi connectivity index (χ2v) is 7.38. The fraction of sp³-hybridized carbons (Fsp3) is 0.300. The van der Waals surface area contributed by atoms with Gasteiger partial charge in [-0.3, -0.25) is 9.59 Å². The zero-order valence-electron chi connectivity index (χ0n) is 15.2. The van der Waals surface area contributed by atoms with E-state index < -0.39 is 29.0 Å². The highest BCUT2D eigenvalue weighted by molar-refractivity contribution is 7.99. The van der Waals surface area contributed by atoms with Gasteiger partial charge in [0.05, 0.1) is 6.61 Å². The van der Waals surface area contributed by atoms with Crippen molar-refractivity contribution in [3.63, 3.8) is 0 Å². The minimum atomic E-state index is -0.758. The Labute approximate surface area is 166 Å². The maximum absolute atomic E-state index is 13.7. The molecule has 0 radical (unpaired) electrons. The van der Waals surface area contributed by atoms with Gasteiger partial charge in [-0.05, 0) is 35.9 Å². The molecule has 2 aromatic carbocycles. The molecule has 0 saturated carbocycles. The van der Waals surface area contributed by atoms with E-state index in [-0.39, 0.29) is 11.5 Å². The van der Waals surface area contributed by atoms with Crippen LogP contribution in [0.4, 0.5) is 8.78 Å². The molecule has 8 heteroatoms. The van der Waals surface area contributed by atoms with E-state index in [1.807, 2.05) is 0 Å². The normalized spacial score (nSPS) is 18.9. The number of carbonyl (C=O) groups excluding carboxylic acids is 2. The molecule has 1 heterocycles. The van der Waals surface area contributed by atoms with Crippen LogP contribution in [0.3, 0.4) is 0 Å². The van der Waals surface area contributed by atoms with Crippen molar-refractivity contribution in [2.75, 3.05) is 26.0 Å². The Hall–Kier alpha value is -2.45. The fourth-order valence-corrected chi connectivity index (χ4v) is 4.46. The smallest absolute Gasteiger partial charge is 0.255 e. The first-order valence-electron chi connectivity index (χ1n) is 8.73. The van der Waals surface area contributed by atoms with Crippen molar-refractivity contribution in [1.82, 2.24) is 10.2 Å². The lowest BCUT2D eigenvalue weighted by atomic mass is 10.1. The van der Waals surface area contributed by atoms with E-state index in [4.69, 9.17) is 4.74 Å². The largest absolute Gasteiger partial charge is 0.383 e. The summed E-state index contributed by atoms with van der Waals surface area (Å²) in [5, 5.41) is 2.19. The number of amides is 2. The van der Waals surface area contributed by atoms with Crippen molar-refractivity contribution >= 4 is 23.6 Å². The number of hydrogen-bond acceptors (Lipinski definition) is 4. The van der Waals surface area contributed by atoms with Crippen molar-refractivity contribution in [3.8, 4) is 0 Å². The second-order valence-electron chi connectivity index (χ2n) is 6.26. The molecule has 1 aliphatic heterocycles. The van der Waals surface area contributed by atoms with Gasteiger partial charge in [-0.2, -0.15) is 0 Å². The van der Waals surface area contributed by atoms with Gasteiger partial charge in [0.25, 0.3) is 5.91 Å². The first kappa shape index (κ1) is 20.3. The van der Waals surface area contributed by atoms with E-state index in [2.05, 4.69) is 5.32 Å². The minimum absolute atomic E-state index is 0.138. The number of thioether (sulfide) groups is 1. The van der Waals surface area contributed by atoms with Gasteiger partial charge < -0.3 is 15.0 Å². The van der Waals surface area contributed by atoms with Crippen LogP contribution in [0.25, 0.3) is 0 Å². The third kappa shape index (κ3) is 4.51. The molecule has 2 amide bonds. The molecule has 2 aromatic rings. The number of rotatable bonds is 6. The summed E-state index contributed by atoms with van der Waals surface area (Å²) in [5.41, 5.74) is 0.709. The highest BCUT2D eigenvalue weighted by atomic mass is 32.2. The molecule has 2 atom stereocenters. The van der Waals surface area contributed by atoms with Gasteiger partial charge >= 0.3 is 0 Å². The highest BCUT2D eigenvalue weighted by Gasteiger charge is 2.42. The lowest BCUT2D eigenvalue weighted by Crippen LogP contribution is -2.48. The molecule has 0 spiro atoms. The zero-order chi connectivity index (χ0) is 20.1. The van der Waals surface area contributed by atoms with Crippen LogP contribution in [0.2, 0.25) is 0 Å². The summed E-state index contributed by atoms with van der Waals surface area (Å²) >= 11 is 1.37. The van der Waals surface area contributed by atoms with Gasteiger partial charge in [0.15, 0.2) is 0 Å². The summed E-state index contributed by atoms with van der Waals surface area (Å²) in [6, 6.07) is 10.5. The van der Waals surface area contributed by atoms with Crippen LogP contribution in [-0.2, 0) is 9.53 Å². The lowest BCUT2D eigenvalue weighted by Gasteiger charge is -2.29. The van der Waals surface area contributed by atoms with E-state index in [0.29, 0.717) is 24.5 Å². The lowest BCUT2D eigenvalue weighted by molar-refractivity contribution is -0.125. The summed E-state index contributed by atoms with van der Waals surface area (Å²) in [7, 11) is 1.53. The Bertz CT molecular complexity index is 865. The van der Waals surface area contributed by atoms with Crippen LogP contribution in [0.5, 0.6) is 0 Å². The van der Waals surface area contributed by atoms with Gasteiger partial charge in [-0.1, -0.05) is 18.2 Å². The Kier molecular flexibility index (Phi) is 6.64. The maximum Gasteiger partial charge on any atom is 0.255 e. The number of hydrogen-bond donors (Lipinski definition) is 1. The summed E-state index contributed by atoms with van der Waals surface area (Å²) in [6.45, 7) is 0.653. The molecule has 2 unspecified atom stereocenters. The Morgan fingerprint density at radius 2 is 1.89 bits per heavy atom. The van der Waals surface area contributed by atoms with Crippen LogP contribution in [0.15, 0.2) is 48.5 Å². The number of halogens is 2. The molecule has 0 aliphatic carbocycles. The summed E-state index contributed by atoms with van der Waals surface area (Å²) in [5.74, 6) is -1.43. The Morgan fingerprint density at radius 3 is 2.57 bits per heavy atom. The summed E-state index contributed by atoms with van der Waals surface area (Å²) in [4.78, 5) is 27.2. The number of nitrogens with one attached hydrogen (secondary N) is 1. The molecule has 1 fully saturated rings. The summed E-state index contributed by atoms with van der Waals surface area (Å²) < 4.78 is 32.3. The third-order valence-corrected chi connectivity index (χ3v) is 5.67. The van der Waals surface area contributed by atoms with Crippen LogP contribution in [0, 0.1) is 11.6 Å². The molecule has 5 nitrogen and oxygen atoms in total. The molecule has 3 rings (SSSR count).